The van der Waals surface area contributed by atoms with E-state index in [1.807, 2.05) is 38.1 Å². The summed E-state index contributed by atoms with van der Waals surface area (Å²) in [6.45, 7) is 7.88. The number of ether oxygens (including phenoxy) is 1. The van der Waals surface area contributed by atoms with Gasteiger partial charge in [0.2, 0.25) is 0 Å². The Morgan fingerprint density at radius 3 is 2.67 bits per heavy atom. The number of aryl methyl sites for hydroxylation is 2. The Labute approximate surface area is 124 Å². The van der Waals surface area contributed by atoms with E-state index in [1.54, 1.807) is 0 Å². The maximum absolute atomic E-state index is 12.0. The van der Waals surface area contributed by atoms with Gasteiger partial charge in [0.1, 0.15) is 5.75 Å². The molecule has 0 bridgehead atoms. The van der Waals surface area contributed by atoms with Gasteiger partial charge in [0.15, 0.2) is 6.61 Å². The molecule has 21 heavy (non-hydrogen) atoms. The van der Waals surface area contributed by atoms with Crippen molar-refractivity contribution in [3.05, 3.63) is 41.2 Å². The van der Waals surface area contributed by atoms with Crippen molar-refractivity contribution in [2.75, 3.05) is 11.9 Å². The third kappa shape index (κ3) is 3.62. The fraction of sp³-hybridized carbons (Fsp3) is 0.375. The van der Waals surface area contributed by atoms with Crippen LogP contribution in [0.5, 0.6) is 5.75 Å². The first kappa shape index (κ1) is 15.1. The quantitative estimate of drug-likeness (QED) is 0.887. The molecule has 0 aliphatic carbocycles. The Morgan fingerprint density at radius 1 is 1.33 bits per heavy atom. The van der Waals surface area contributed by atoms with E-state index in [1.165, 1.54) is 0 Å². The van der Waals surface area contributed by atoms with E-state index in [4.69, 9.17) is 4.74 Å². The molecule has 5 nitrogen and oxygen atoms in total. The number of carbonyl (C=O) groups excluding carboxylic acids is 1. The standard InChI is InChI=1S/C16H21N3O2/c1-10(2)13-7-5-6-8-14(13)21-9-15(20)17-16-11(3)18-19-12(16)4/h5-8,10H,9H2,1-4H3,(H,17,20)(H,18,19). The molecule has 112 valence electrons. The van der Waals surface area contributed by atoms with Crippen LogP contribution in [0.25, 0.3) is 0 Å². The van der Waals surface area contributed by atoms with Crippen molar-refractivity contribution in [2.45, 2.75) is 33.6 Å². The molecular formula is C16H21N3O2. The van der Waals surface area contributed by atoms with E-state index in [9.17, 15) is 4.79 Å². The van der Waals surface area contributed by atoms with Crippen LogP contribution in [-0.4, -0.2) is 22.7 Å². The second-order valence-electron chi connectivity index (χ2n) is 5.34. The van der Waals surface area contributed by atoms with Crippen molar-refractivity contribution in [1.82, 2.24) is 10.2 Å². The number of hydrogen-bond donors (Lipinski definition) is 2. The van der Waals surface area contributed by atoms with Gasteiger partial charge in [0, 0.05) is 0 Å². The summed E-state index contributed by atoms with van der Waals surface area (Å²) in [7, 11) is 0. The van der Waals surface area contributed by atoms with Crippen molar-refractivity contribution in [1.29, 1.82) is 0 Å². The van der Waals surface area contributed by atoms with Gasteiger partial charge in [-0.05, 0) is 31.4 Å². The first-order valence-corrected chi connectivity index (χ1v) is 7.02. The van der Waals surface area contributed by atoms with Crippen LogP contribution in [0, 0.1) is 13.8 Å². The largest absolute Gasteiger partial charge is 0.483 e. The number of para-hydroxylation sites is 1. The molecule has 0 fully saturated rings. The molecule has 0 spiro atoms. The number of amides is 1. The van der Waals surface area contributed by atoms with Crippen LogP contribution in [-0.2, 0) is 4.79 Å². The number of rotatable bonds is 5. The highest BCUT2D eigenvalue weighted by molar-refractivity contribution is 5.92. The normalized spacial score (nSPS) is 10.7. The second-order valence-corrected chi connectivity index (χ2v) is 5.34. The molecule has 2 aromatic rings. The number of aromatic nitrogens is 2. The molecule has 1 amide bonds. The van der Waals surface area contributed by atoms with Gasteiger partial charge in [-0.3, -0.25) is 9.89 Å². The molecular weight excluding hydrogens is 266 g/mol. The van der Waals surface area contributed by atoms with Crippen LogP contribution in [0.3, 0.4) is 0 Å². The van der Waals surface area contributed by atoms with Gasteiger partial charge in [-0.25, -0.2) is 0 Å². The lowest BCUT2D eigenvalue weighted by Gasteiger charge is -2.13. The van der Waals surface area contributed by atoms with Crippen LogP contribution in [0.15, 0.2) is 24.3 Å². The summed E-state index contributed by atoms with van der Waals surface area (Å²) in [4.78, 5) is 12.0. The van der Waals surface area contributed by atoms with Crippen LogP contribution in [0.1, 0.15) is 36.7 Å². The third-order valence-corrected chi connectivity index (χ3v) is 3.29. The Bertz CT molecular complexity index is 613. The summed E-state index contributed by atoms with van der Waals surface area (Å²) in [5.41, 5.74) is 3.42. The van der Waals surface area contributed by atoms with Gasteiger partial charge >= 0.3 is 0 Å². The predicted octanol–water partition coefficient (Wildman–Crippen LogP) is 3.17. The van der Waals surface area contributed by atoms with Gasteiger partial charge in [0.25, 0.3) is 5.91 Å². The number of hydrogen-bond acceptors (Lipinski definition) is 3. The fourth-order valence-corrected chi connectivity index (χ4v) is 2.14. The summed E-state index contributed by atoms with van der Waals surface area (Å²) >= 11 is 0. The zero-order valence-electron chi connectivity index (χ0n) is 12.9. The predicted molar refractivity (Wildman–Crippen MR) is 82.7 cm³/mol. The van der Waals surface area contributed by atoms with Gasteiger partial charge in [0.05, 0.1) is 17.1 Å². The first-order valence-electron chi connectivity index (χ1n) is 7.02. The van der Waals surface area contributed by atoms with Gasteiger partial charge < -0.3 is 10.1 Å². The summed E-state index contributed by atoms with van der Waals surface area (Å²) in [5, 5.41) is 9.70. The van der Waals surface area contributed by atoms with Gasteiger partial charge in [-0.15, -0.1) is 0 Å². The van der Waals surface area contributed by atoms with E-state index in [0.717, 1.165) is 28.4 Å². The van der Waals surface area contributed by atoms with E-state index in [2.05, 4.69) is 29.4 Å². The highest BCUT2D eigenvalue weighted by Crippen LogP contribution is 2.25. The SMILES string of the molecule is Cc1n[nH]c(C)c1NC(=O)COc1ccccc1C(C)C. The van der Waals surface area contributed by atoms with Crippen molar-refractivity contribution in [3.63, 3.8) is 0 Å². The molecule has 0 saturated heterocycles. The summed E-state index contributed by atoms with van der Waals surface area (Å²) < 4.78 is 5.65. The molecule has 1 heterocycles. The maximum Gasteiger partial charge on any atom is 0.262 e. The smallest absolute Gasteiger partial charge is 0.262 e. The minimum Gasteiger partial charge on any atom is -0.483 e. The lowest BCUT2D eigenvalue weighted by Crippen LogP contribution is -2.21. The van der Waals surface area contributed by atoms with E-state index >= 15 is 0 Å². The van der Waals surface area contributed by atoms with E-state index in [0.29, 0.717) is 5.92 Å². The molecule has 5 heteroatoms. The zero-order chi connectivity index (χ0) is 15.4. The topological polar surface area (TPSA) is 67.0 Å². The van der Waals surface area contributed by atoms with Crippen molar-refractivity contribution < 1.29 is 9.53 Å². The number of benzene rings is 1. The monoisotopic (exact) mass is 287 g/mol. The minimum absolute atomic E-state index is 0.0200. The lowest BCUT2D eigenvalue weighted by atomic mass is 10.0. The average molecular weight is 287 g/mol. The molecule has 0 atom stereocenters. The Balaban J connectivity index is 1.99. The van der Waals surface area contributed by atoms with Gasteiger partial charge in [-0.1, -0.05) is 32.0 Å². The molecule has 1 aromatic heterocycles. The molecule has 0 saturated carbocycles. The van der Waals surface area contributed by atoms with Crippen molar-refractivity contribution in [3.8, 4) is 5.75 Å². The fourth-order valence-electron chi connectivity index (χ4n) is 2.14. The number of nitrogens with one attached hydrogen (secondary N) is 2. The minimum atomic E-state index is -0.193. The van der Waals surface area contributed by atoms with Crippen molar-refractivity contribution >= 4 is 11.6 Å². The molecule has 0 radical (unpaired) electrons. The number of nitrogens with zero attached hydrogens (tertiary/aromatic N) is 1. The van der Waals surface area contributed by atoms with Crippen LogP contribution >= 0.6 is 0 Å². The summed E-state index contributed by atoms with van der Waals surface area (Å²) in [6, 6.07) is 7.78. The molecule has 0 aliphatic heterocycles. The van der Waals surface area contributed by atoms with E-state index < -0.39 is 0 Å². The number of H-pyrrole nitrogens is 1. The number of aromatic amines is 1. The van der Waals surface area contributed by atoms with Crippen molar-refractivity contribution in [2.24, 2.45) is 0 Å². The molecule has 1 aromatic carbocycles. The highest BCUT2D eigenvalue weighted by Gasteiger charge is 2.12. The third-order valence-electron chi connectivity index (χ3n) is 3.29. The van der Waals surface area contributed by atoms with E-state index in [-0.39, 0.29) is 12.5 Å². The molecule has 0 unspecified atom stereocenters. The van der Waals surface area contributed by atoms with Crippen LogP contribution in [0.4, 0.5) is 5.69 Å². The molecule has 0 aliphatic rings. The summed E-state index contributed by atoms with van der Waals surface area (Å²) in [5.74, 6) is 0.909. The Kier molecular flexibility index (Phi) is 4.62. The van der Waals surface area contributed by atoms with Crippen LogP contribution < -0.4 is 10.1 Å². The lowest BCUT2D eigenvalue weighted by molar-refractivity contribution is -0.118. The number of carbonyl (C=O) groups is 1. The van der Waals surface area contributed by atoms with Gasteiger partial charge in [-0.2, -0.15) is 5.10 Å². The second kappa shape index (κ2) is 6.43. The Morgan fingerprint density at radius 2 is 2.05 bits per heavy atom. The van der Waals surface area contributed by atoms with Crippen LogP contribution in [0.2, 0.25) is 0 Å². The Hall–Kier alpha value is -2.30. The zero-order valence-corrected chi connectivity index (χ0v) is 12.9. The molecule has 2 rings (SSSR count). The summed E-state index contributed by atoms with van der Waals surface area (Å²) in [6.07, 6.45) is 0. The molecule has 2 N–H and O–H groups in total. The highest BCUT2D eigenvalue weighted by atomic mass is 16.5. The average Bonchev–Trinajstić information content (AvgIpc) is 2.77. The maximum atomic E-state index is 12.0. The number of anilines is 1. The first-order chi connectivity index (χ1) is 9.99.